The van der Waals surface area contributed by atoms with Gasteiger partial charge in [0.1, 0.15) is 6.61 Å². The lowest BCUT2D eigenvalue weighted by atomic mass is 10.0. The van der Waals surface area contributed by atoms with E-state index < -0.39 is 0 Å². The highest BCUT2D eigenvalue weighted by atomic mass is 32.1. The first-order valence-electron chi connectivity index (χ1n) is 9.53. The van der Waals surface area contributed by atoms with Crippen LogP contribution in [-0.2, 0) is 11.3 Å². The minimum Gasteiger partial charge on any atom is -0.457 e. The van der Waals surface area contributed by atoms with Gasteiger partial charge < -0.3 is 15.0 Å². The number of aryl methyl sites for hydroxylation is 3. The third-order valence-electron chi connectivity index (χ3n) is 4.51. The molecule has 1 N–H and O–H groups in total. The number of benzene rings is 2. The summed E-state index contributed by atoms with van der Waals surface area (Å²) in [7, 11) is 1.98. The lowest BCUT2D eigenvalue weighted by molar-refractivity contribution is 0.0472. The average Bonchev–Trinajstić information content (AvgIpc) is 2.63. The summed E-state index contributed by atoms with van der Waals surface area (Å²) >= 11 is 5.49. The van der Waals surface area contributed by atoms with E-state index in [4.69, 9.17) is 17.0 Å². The summed E-state index contributed by atoms with van der Waals surface area (Å²) in [5, 5.41) is 3.96. The van der Waals surface area contributed by atoms with Crippen molar-refractivity contribution >= 4 is 29.0 Å². The number of carbonyl (C=O) groups excluding carboxylic acids is 1. The number of nitrogens with zero attached hydrogens (tertiary/aromatic N) is 1. The van der Waals surface area contributed by atoms with E-state index in [1.165, 1.54) is 5.56 Å². The van der Waals surface area contributed by atoms with Gasteiger partial charge in [-0.05, 0) is 67.7 Å². The van der Waals surface area contributed by atoms with Crippen molar-refractivity contribution < 1.29 is 9.53 Å². The molecule has 0 unspecified atom stereocenters. The molecule has 2 aromatic rings. The second-order valence-electron chi connectivity index (χ2n) is 7.75. The first kappa shape index (κ1) is 21.9. The Balaban J connectivity index is 2.06. The van der Waals surface area contributed by atoms with Crippen LogP contribution in [0, 0.1) is 26.7 Å². The molecule has 0 saturated carbocycles. The maximum atomic E-state index is 12.5. The zero-order valence-corrected chi connectivity index (χ0v) is 18.4. The molecule has 2 aromatic carbocycles. The molecule has 5 heteroatoms. The second-order valence-corrected chi connectivity index (χ2v) is 8.14. The number of thiocarbonyl (C=S) groups is 1. The van der Waals surface area contributed by atoms with Gasteiger partial charge in [-0.25, -0.2) is 4.79 Å². The fourth-order valence-electron chi connectivity index (χ4n) is 2.92. The normalized spacial score (nSPS) is 10.7. The molecule has 0 aliphatic heterocycles. The van der Waals surface area contributed by atoms with Crippen LogP contribution in [0.4, 0.5) is 5.69 Å². The Morgan fingerprint density at radius 3 is 2.36 bits per heavy atom. The lowest BCUT2D eigenvalue weighted by Gasteiger charge is -2.24. The van der Waals surface area contributed by atoms with Gasteiger partial charge in [-0.15, -0.1) is 0 Å². The van der Waals surface area contributed by atoms with Crippen molar-refractivity contribution in [2.24, 2.45) is 5.92 Å². The molecule has 150 valence electrons. The largest absolute Gasteiger partial charge is 0.457 e. The lowest BCUT2D eigenvalue weighted by Crippen LogP contribution is -2.34. The van der Waals surface area contributed by atoms with Crippen LogP contribution in [0.2, 0.25) is 0 Å². The maximum absolute atomic E-state index is 12.5. The number of carbonyl (C=O) groups is 1. The molecule has 0 radical (unpaired) electrons. The van der Waals surface area contributed by atoms with Crippen LogP contribution in [-0.4, -0.2) is 29.6 Å². The van der Waals surface area contributed by atoms with E-state index in [0.717, 1.165) is 28.9 Å². The minimum atomic E-state index is -0.313. The van der Waals surface area contributed by atoms with Gasteiger partial charge in [0.2, 0.25) is 0 Å². The van der Waals surface area contributed by atoms with Crippen molar-refractivity contribution in [3.63, 3.8) is 0 Å². The third kappa shape index (κ3) is 6.06. The van der Waals surface area contributed by atoms with Crippen molar-refractivity contribution in [3.8, 4) is 0 Å². The van der Waals surface area contributed by atoms with Gasteiger partial charge in [0.15, 0.2) is 5.11 Å². The summed E-state index contributed by atoms with van der Waals surface area (Å²) < 4.78 is 5.50. The predicted octanol–water partition coefficient (Wildman–Crippen LogP) is 5.25. The molecule has 0 fully saturated rings. The highest BCUT2D eigenvalue weighted by Gasteiger charge is 2.15. The van der Waals surface area contributed by atoms with E-state index >= 15 is 0 Å². The first-order valence-corrected chi connectivity index (χ1v) is 9.94. The van der Waals surface area contributed by atoms with E-state index in [-0.39, 0.29) is 12.6 Å². The van der Waals surface area contributed by atoms with Gasteiger partial charge in [-0.1, -0.05) is 43.7 Å². The monoisotopic (exact) mass is 398 g/mol. The molecule has 0 aromatic heterocycles. The Kier molecular flexibility index (Phi) is 7.58. The summed E-state index contributed by atoms with van der Waals surface area (Å²) in [4.78, 5) is 14.6. The summed E-state index contributed by atoms with van der Waals surface area (Å²) in [6, 6.07) is 11.8. The summed E-state index contributed by atoms with van der Waals surface area (Å²) in [6.45, 7) is 11.4. The number of hydrogen-bond acceptors (Lipinski definition) is 3. The molecular formula is C23H30N2O2S. The van der Waals surface area contributed by atoms with Gasteiger partial charge in [0.05, 0.1) is 5.56 Å². The molecule has 0 aliphatic rings. The number of ether oxygens (including phenoxy) is 1. The SMILES string of the molecule is Cc1ccc(COC(=O)c2cc(C)c(NC(=S)N(C)CC(C)C)cc2C)cc1. The molecule has 0 saturated heterocycles. The Morgan fingerprint density at radius 2 is 1.75 bits per heavy atom. The standard InChI is InChI=1S/C23H30N2O2S/c1-15(2)13-25(6)23(28)24-21-12-17(4)20(11-18(21)5)22(26)27-14-19-9-7-16(3)8-10-19/h7-12,15H,13-14H2,1-6H3,(H,24,28). The van der Waals surface area contributed by atoms with Gasteiger partial charge in [0.25, 0.3) is 0 Å². The summed E-state index contributed by atoms with van der Waals surface area (Å²) in [5.74, 6) is 0.213. The highest BCUT2D eigenvalue weighted by Crippen LogP contribution is 2.22. The van der Waals surface area contributed by atoms with Crippen LogP contribution in [0.25, 0.3) is 0 Å². The van der Waals surface area contributed by atoms with Crippen LogP contribution in [0.1, 0.15) is 46.5 Å². The minimum absolute atomic E-state index is 0.266. The van der Waals surface area contributed by atoms with Gasteiger partial charge in [-0.3, -0.25) is 0 Å². The Morgan fingerprint density at radius 1 is 1.11 bits per heavy atom. The molecule has 4 nitrogen and oxygen atoms in total. The number of anilines is 1. The highest BCUT2D eigenvalue weighted by molar-refractivity contribution is 7.80. The summed E-state index contributed by atoms with van der Waals surface area (Å²) in [5.41, 5.74) is 5.46. The zero-order chi connectivity index (χ0) is 20.8. The van der Waals surface area contributed by atoms with Crippen LogP contribution in [0.3, 0.4) is 0 Å². The Bertz CT molecular complexity index is 844. The molecule has 28 heavy (non-hydrogen) atoms. The fourth-order valence-corrected chi connectivity index (χ4v) is 3.11. The van der Waals surface area contributed by atoms with Gasteiger partial charge in [-0.2, -0.15) is 0 Å². The predicted molar refractivity (Wildman–Crippen MR) is 120 cm³/mol. The molecule has 0 bridgehead atoms. The van der Waals surface area contributed by atoms with E-state index in [1.54, 1.807) is 0 Å². The smallest absolute Gasteiger partial charge is 0.338 e. The molecular weight excluding hydrogens is 368 g/mol. The molecule has 2 rings (SSSR count). The summed E-state index contributed by atoms with van der Waals surface area (Å²) in [6.07, 6.45) is 0. The first-order chi connectivity index (χ1) is 13.2. The van der Waals surface area contributed by atoms with Crippen molar-refractivity contribution in [3.05, 3.63) is 64.2 Å². The van der Waals surface area contributed by atoms with Crippen molar-refractivity contribution in [1.29, 1.82) is 0 Å². The van der Waals surface area contributed by atoms with Crippen LogP contribution >= 0.6 is 12.2 Å². The fraction of sp³-hybridized carbons (Fsp3) is 0.391. The number of nitrogens with one attached hydrogen (secondary N) is 1. The van der Waals surface area contributed by atoms with Gasteiger partial charge >= 0.3 is 5.97 Å². The van der Waals surface area contributed by atoms with E-state index in [1.807, 2.05) is 69.1 Å². The van der Waals surface area contributed by atoms with Crippen molar-refractivity contribution in [2.45, 2.75) is 41.2 Å². The van der Waals surface area contributed by atoms with E-state index in [2.05, 4.69) is 19.2 Å². The quantitative estimate of drug-likeness (QED) is 0.531. The maximum Gasteiger partial charge on any atom is 0.338 e. The third-order valence-corrected chi connectivity index (χ3v) is 4.92. The molecule has 0 aliphatic carbocycles. The van der Waals surface area contributed by atoms with Crippen LogP contribution in [0.5, 0.6) is 0 Å². The number of rotatable bonds is 6. The Labute approximate surface area is 173 Å². The second kappa shape index (κ2) is 9.69. The average molecular weight is 399 g/mol. The molecule has 0 atom stereocenters. The number of hydrogen-bond donors (Lipinski definition) is 1. The zero-order valence-electron chi connectivity index (χ0n) is 17.6. The van der Waals surface area contributed by atoms with Crippen molar-refractivity contribution in [2.75, 3.05) is 18.9 Å². The van der Waals surface area contributed by atoms with E-state index in [0.29, 0.717) is 16.6 Å². The van der Waals surface area contributed by atoms with Gasteiger partial charge in [0, 0.05) is 19.3 Å². The van der Waals surface area contributed by atoms with E-state index in [9.17, 15) is 4.79 Å². The molecule has 0 heterocycles. The molecule has 0 amide bonds. The number of esters is 1. The topological polar surface area (TPSA) is 41.6 Å². The van der Waals surface area contributed by atoms with Crippen LogP contribution < -0.4 is 5.32 Å². The van der Waals surface area contributed by atoms with Crippen molar-refractivity contribution in [1.82, 2.24) is 4.90 Å². The van der Waals surface area contributed by atoms with Crippen LogP contribution in [0.15, 0.2) is 36.4 Å². The Hall–Kier alpha value is -2.40. The molecule has 0 spiro atoms.